The second-order valence-electron chi connectivity index (χ2n) is 3.73. The topological polar surface area (TPSA) is 75.6 Å². The number of aromatic amines is 1. The molecule has 0 bridgehead atoms. The van der Waals surface area contributed by atoms with Gasteiger partial charge in [-0.1, -0.05) is 6.92 Å². The molecule has 2 aromatic heterocycles. The maximum absolute atomic E-state index is 11.9. The molecule has 17 heavy (non-hydrogen) atoms. The smallest absolute Gasteiger partial charge is 0.293 e. The van der Waals surface area contributed by atoms with Gasteiger partial charge in [-0.05, 0) is 6.42 Å². The zero-order chi connectivity index (χ0) is 12.1. The third-order valence-corrected chi connectivity index (χ3v) is 2.39. The molecule has 0 aliphatic carbocycles. The van der Waals surface area contributed by atoms with Gasteiger partial charge in [-0.3, -0.25) is 9.89 Å². The van der Waals surface area contributed by atoms with E-state index >= 15 is 0 Å². The Morgan fingerprint density at radius 2 is 2.41 bits per heavy atom. The minimum Gasteiger partial charge on any atom is -0.361 e. The molecular formula is C11H15N5O. The Morgan fingerprint density at radius 1 is 1.53 bits per heavy atom. The minimum absolute atomic E-state index is 0.0853. The number of hydrogen-bond acceptors (Lipinski definition) is 4. The van der Waals surface area contributed by atoms with Gasteiger partial charge in [0.25, 0.3) is 5.56 Å². The van der Waals surface area contributed by atoms with Gasteiger partial charge < -0.3 is 9.88 Å². The van der Waals surface area contributed by atoms with Crippen molar-refractivity contribution >= 4 is 5.82 Å². The van der Waals surface area contributed by atoms with Crippen LogP contribution in [0.4, 0.5) is 5.82 Å². The van der Waals surface area contributed by atoms with Crippen LogP contribution >= 0.6 is 0 Å². The van der Waals surface area contributed by atoms with E-state index < -0.39 is 0 Å². The van der Waals surface area contributed by atoms with Crippen LogP contribution in [0.2, 0.25) is 0 Å². The van der Waals surface area contributed by atoms with Crippen molar-refractivity contribution in [1.29, 1.82) is 0 Å². The van der Waals surface area contributed by atoms with Crippen LogP contribution in [-0.4, -0.2) is 19.7 Å². The lowest BCUT2D eigenvalue weighted by Crippen LogP contribution is -2.24. The van der Waals surface area contributed by atoms with Crippen LogP contribution in [0.15, 0.2) is 29.6 Å². The molecular weight excluding hydrogens is 218 g/mol. The van der Waals surface area contributed by atoms with Gasteiger partial charge in [-0.15, -0.1) is 0 Å². The van der Waals surface area contributed by atoms with Crippen molar-refractivity contribution in [2.24, 2.45) is 0 Å². The molecule has 0 fully saturated rings. The van der Waals surface area contributed by atoms with E-state index in [1.807, 2.05) is 6.92 Å². The summed E-state index contributed by atoms with van der Waals surface area (Å²) in [6.45, 7) is 3.28. The summed E-state index contributed by atoms with van der Waals surface area (Å²) in [5, 5.41) is 9.56. The molecule has 2 N–H and O–H groups in total. The number of H-pyrrole nitrogens is 1. The van der Waals surface area contributed by atoms with E-state index in [0.717, 1.165) is 12.0 Å². The van der Waals surface area contributed by atoms with Gasteiger partial charge in [0.1, 0.15) is 0 Å². The van der Waals surface area contributed by atoms with Gasteiger partial charge in [-0.2, -0.15) is 5.10 Å². The molecule has 0 aromatic carbocycles. The Kier molecular flexibility index (Phi) is 3.54. The van der Waals surface area contributed by atoms with Gasteiger partial charge in [0, 0.05) is 37.2 Å². The Morgan fingerprint density at radius 3 is 3.12 bits per heavy atom. The Bertz CT molecular complexity index is 517. The maximum Gasteiger partial charge on any atom is 0.293 e. The average Bonchev–Trinajstić information content (AvgIpc) is 2.83. The van der Waals surface area contributed by atoms with E-state index in [1.165, 1.54) is 0 Å². The Labute approximate surface area is 98.7 Å². The van der Waals surface area contributed by atoms with E-state index in [0.29, 0.717) is 18.9 Å². The Hall–Kier alpha value is -2.11. The zero-order valence-corrected chi connectivity index (χ0v) is 9.68. The first-order chi connectivity index (χ1) is 8.31. The lowest BCUT2D eigenvalue weighted by atomic mass is 10.3. The summed E-state index contributed by atoms with van der Waals surface area (Å²) in [5.41, 5.74) is 0.898. The van der Waals surface area contributed by atoms with Crippen molar-refractivity contribution in [1.82, 2.24) is 19.7 Å². The highest BCUT2D eigenvalue weighted by Gasteiger charge is 2.03. The first-order valence-corrected chi connectivity index (χ1v) is 5.58. The van der Waals surface area contributed by atoms with E-state index in [1.54, 1.807) is 29.4 Å². The average molecular weight is 233 g/mol. The number of nitrogens with zero attached hydrogens (tertiary/aromatic N) is 3. The van der Waals surface area contributed by atoms with Crippen molar-refractivity contribution < 1.29 is 0 Å². The SMILES string of the molecule is CCCn1ccnc(NCc2cn[nH]c2)c1=O. The predicted molar refractivity (Wildman–Crippen MR) is 64.7 cm³/mol. The fourth-order valence-electron chi connectivity index (χ4n) is 1.55. The number of aromatic nitrogens is 4. The van der Waals surface area contributed by atoms with Gasteiger partial charge in [0.15, 0.2) is 5.82 Å². The highest BCUT2D eigenvalue weighted by Crippen LogP contribution is 1.99. The van der Waals surface area contributed by atoms with Crippen molar-refractivity contribution in [3.05, 3.63) is 40.7 Å². The molecule has 0 aliphatic heterocycles. The van der Waals surface area contributed by atoms with Gasteiger partial charge in [0.05, 0.1) is 6.20 Å². The van der Waals surface area contributed by atoms with Crippen LogP contribution in [0, 0.1) is 0 Å². The first-order valence-electron chi connectivity index (χ1n) is 5.58. The second kappa shape index (κ2) is 5.29. The third kappa shape index (κ3) is 2.72. The molecule has 0 atom stereocenters. The molecule has 0 saturated carbocycles. The van der Waals surface area contributed by atoms with Gasteiger partial charge in [0.2, 0.25) is 0 Å². The summed E-state index contributed by atoms with van der Waals surface area (Å²) >= 11 is 0. The van der Waals surface area contributed by atoms with Crippen LogP contribution < -0.4 is 10.9 Å². The van der Waals surface area contributed by atoms with Gasteiger partial charge in [-0.25, -0.2) is 4.98 Å². The van der Waals surface area contributed by atoms with E-state index in [-0.39, 0.29) is 5.56 Å². The number of anilines is 1. The molecule has 0 saturated heterocycles. The number of aryl methyl sites for hydroxylation is 1. The summed E-state index contributed by atoms with van der Waals surface area (Å²) in [4.78, 5) is 16.0. The van der Waals surface area contributed by atoms with E-state index in [4.69, 9.17) is 0 Å². The second-order valence-corrected chi connectivity index (χ2v) is 3.73. The van der Waals surface area contributed by atoms with E-state index in [2.05, 4.69) is 20.5 Å². The summed E-state index contributed by atoms with van der Waals surface area (Å²) in [7, 11) is 0. The molecule has 0 amide bonds. The maximum atomic E-state index is 11.9. The van der Waals surface area contributed by atoms with Crippen LogP contribution in [0.1, 0.15) is 18.9 Å². The predicted octanol–water partition coefficient (Wildman–Crippen LogP) is 0.988. The van der Waals surface area contributed by atoms with Crippen molar-refractivity contribution in [3.63, 3.8) is 0 Å². The lowest BCUT2D eigenvalue weighted by molar-refractivity contribution is 0.649. The van der Waals surface area contributed by atoms with Crippen LogP contribution in [0.25, 0.3) is 0 Å². The standard InChI is InChI=1S/C11H15N5O/c1-2-4-16-5-3-12-10(11(16)17)13-6-9-7-14-15-8-9/h3,5,7-8H,2,4,6H2,1H3,(H,12,13)(H,14,15). The van der Waals surface area contributed by atoms with Crippen molar-refractivity contribution in [2.75, 3.05) is 5.32 Å². The lowest BCUT2D eigenvalue weighted by Gasteiger charge is -2.07. The molecule has 6 nitrogen and oxygen atoms in total. The highest BCUT2D eigenvalue weighted by molar-refractivity contribution is 5.31. The molecule has 0 spiro atoms. The molecule has 0 radical (unpaired) electrons. The van der Waals surface area contributed by atoms with E-state index in [9.17, 15) is 4.79 Å². The summed E-state index contributed by atoms with van der Waals surface area (Å²) < 4.78 is 1.66. The molecule has 2 aromatic rings. The minimum atomic E-state index is -0.0853. The van der Waals surface area contributed by atoms with Crippen molar-refractivity contribution in [2.45, 2.75) is 26.4 Å². The molecule has 90 valence electrons. The zero-order valence-electron chi connectivity index (χ0n) is 9.68. The fraction of sp³-hybridized carbons (Fsp3) is 0.364. The molecule has 6 heteroatoms. The van der Waals surface area contributed by atoms with Crippen LogP contribution in [0.3, 0.4) is 0 Å². The molecule has 2 rings (SSSR count). The van der Waals surface area contributed by atoms with Crippen LogP contribution in [0.5, 0.6) is 0 Å². The normalized spacial score (nSPS) is 10.4. The van der Waals surface area contributed by atoms with Crippen LogP contribution in [-0.2, 0) is 13.1 Å². The largest absolute Gasteiger partial charge is 0.361 e. The molecule has 2 heterocycles. The summed E-state index contributed by atoms with van der Waals surface area (Å²) in [6, 6.07) is 0. The summed E-state index contributed by atoms with van der Waals surface area (Å²) in [6.07, 6.45) is 7.75. The Balaban J connectivity index is 2.10. The number of nitrogens with one attached hydrogen (secondary N) is 2. The fourth-order valence-corrected chi connectivity index (χ4v) is 1.55. The quantitative estimate of drug-likeness (QED) is 0.807. The number of rotatable bonds is 5. The van der Waals surface area contributed by atoms with Crippen molar-refractivity contribution in [3.8, 4) is 0 Å². The molecule has 0 aliphatic rings. The third-order valence-electron chi connectivity index (χ3n) is 2.39. The summed E-state index contributed by atoms with van der Waals surface area (Å²) in [5.74, 6) is 0.377. The highest BCUT2D eigenvalue weighted by atomic mass is 16.1. The number of hydrogen-bond donors (Lipinski definition) is 2. The monoisotopic (exact) mass is 233 g/mol. The first kappa shape index (κ1) is 11.4. The van der Waals surface area contributed by atoms with Gasteiger partial charge >= 0.3 is 0 Å². The molecule has 0 unspecified atom stereocenters.